The lowest BCUT2D eigenvalue weighted by atomic mass is 9.81. The molecule has 0 saturated heterocycles. The Morgan fingerprint density at radius 2 is 0.963 bits per heavy atom. The highest BCUT2D eigenvalue weighted by Crippen LogP contribution is 2.48. The second-order valence-electron chi connectivity index (χ2n) is 15.3. The van der Waals surface area contributed by atoms with Gasteiger partial charge in [-0.3, -0.25) is 0 Å². The van der Waals surface area contributed by atoms with Gasteiger partial charge in [-0.2, -0.15) is 0 Å². The Morgan fingerprint density at radius 1 is 0.463 bits per heavy atom. The SMILES string of the molecule is CC=CC1=C(C)C(C)(C)c2ccc(-c3ccc4c(c3)c3ccccc3n4-c3ccc(-c4c5ccccc5c(-c5ccccc5)c5ccccc45)cc3)cc21. The van der Waals surface area contributed by atoms with Gasteiger partial charge >= 0.3 is 0 Å². The van der Waals surface area contributed by atoms with Gasteiger partial charge in [-0.1, -0.05) is 159 Å². The highest BCUT2D eigenvalue weighted by Gasteiger charge is 2.34. The van der Waals surface area contributed by atoms with E-state index in [2.05, 4.69) is 208 Å². The summed E-state index contributed by atoms with van der Waals surface area (Å²) >= 11 is 0. The van der Waals surface area contributed by atoms with E-state index in [0.717, 1.165) is 5.69 Å². The van der Waals surface area contributed by atoms with Crippen molar-refractivity contribution in [3.63, 3.8) is 0 Å². The third-order valence-corrected chi connectivity index (χ3v) is 12.1. The van der Waals surface area contributed by atoms with Gasteiger partial charge in [-0.05, 0) is 122 Å². The molecule has 54 heavy (non-hydrogen) atoms. The molecular formula is C53H41N. The number of allylic oxidation sites excluding steroid dienone is 4. The van der Waals surface area contributed by atoms with Gasteiger partial charge in [0.2, 0.25) is 0 Å². The third-order valence-electron chi connectivity index (χ3n) is 12.1. The monoisotopic (exact) mass is 691 g/mol. The van der Waals surface area contributed by atoms with Crippen molar-refractivity contribution in [3.8, 4) is 39.1 Å². The zero-order chi connectivity index (χ0) is 36.6. The van der Waals surface area contributed by atoms with E-state index in [1.807, 2.05) is 0 Å². The van der Waals surface area contributed by atoms with E-state index in [-0.39, 0.29) is 5.41 Å². The average molecular weight is 692 g/mol. The zero-order valence-corrected chi connectivity index (χ0v) is 31.2. The summed E-state index contributed by atoms with van der Waals surface area (Å²) in [6.45, 7) is 9.08. The molecule has 0 atom stereocenters. The number of rotatable bonds is 5. The Balaban J connectivity index is 1.11. The number of aromatic nitrogens is 1. The summed E-state index contributed by atoms with van der Waals surface area (Å²) in [6, 6.07) is 60.7. The molecule has 1 aliphatic carbocycles. The maximum atomic E-state index is 2.43. The topological polar surface area (TPSA) is 4.93 Å². The van der Waals surface area contributed by atoms with Crippen LogP contribution in [-0.2, 0) is 5.41 Å². The van der Waals surface area contributed by atoms with Crippen LogP contribution in [0.1, 0.15) is 38.8 Å². The molecule has 0 saturated carbocycles. The van der Waals surface area contributed by atoms with Crippen LogP contribution in [0.4, 0.5) is 0 Å². The van der Waals surface area contributed by atoms with Crippen molar-refractivity contribution in [2.45, 2.75) is 33.1 Å². The minimum atomic E-state index is 0.0292. The molecule has 0 fully saturated rings. The predicted octanol–water partition coefficient (Wildman–Crippen LogP) is 14.7. The Morgan fingerprint density at radius 3 is 1.59 bits per heavy atom. The van der Waals surface area contributed by atoms with Crippen molar-refractivity contribution in [2.24, 2.45) is 0 Å². The Kier molecular flexibility index (Phi) is 7.35. The second kappa shape index (κ2) is 12.3. The van der Waals surface area contributed by atoms with Crippen LogP contribution < -0.4 is 0 Å². The molecule has 258 valence electrons. The van der Waals surface area contributed by atoms with Crippen molar-refractivity contribution >= 4 is 48.9 Å². The van der Waals surface area contributed by atoms with Gasteiger partial charge in [0.05, 0.1) is 11.0 Å². The van der Waals surface area contributed by atoms with Gasteiger partial charge in [-0.25, -0.2) is 0 Å². The molecule has 0 radical (unpaired) electrons. The quantitative estimate of drug-likeness (QED) is 0.158. The van der Waals surface area contributed by atoms with Crippen molar-refractivity contribution in [1.82, 2.24) is 4.57 Å². The number of benzene rings is 8. The summed E-state index contributed by atoms with van der Waals surface area (Å²) < 4.78 is 2.43. The average Bonchev–Trinajstić information content (AvgIpc) is 3.64. The van der Waals surface area contributed by atoms with Crippen LogP contribution in [0.3, 0.4) is 0 Å². The summed E-state index contributed by atoms with van der Waals surface area (Å²) in [7, 11) is 0. The van der Waals surface area contributed by atoms with E-state index in [1.54, 1.807) is 0 Å². The van der Waals surface area contributed by atoms with Gasteiger partial charge in [0.15, 0.2) is 0 Å². The summed E-state index contributed by atoms with van der Waals surface area (Å²) in [5.41, 5.74) is 16.7. The van der Waals surface area contributed by atoms with Gasteiger partial charge in [0, 0.05) is 21.9 Å². The van der Waals surface area contributed by atoms with Crippen molar-refractivity contribution in [1.29, 1.82) is 0 Å². The highest BCUT2D eigenvalue weighted by atomic mass is 15.0. The highest BCUT2D eigenvalue weighted by molar-refractivity contribution is 6.21. The fourth-order valence-electron chi connectivity index (χ4n) is 9.18. The lowest BCUT2D eigenvalue weighted by Crippen LogP contribution is -2.15. The van der Waals surface area contributed by atoms with Crippen LogP contribution >= 0.6 is 0 Å². The molecule has 10 rings (SSSR count). The van der Waals surface area contributed by atoms with Crippen LogP contribution in [0.5, 0.6) is 0 Å². The summed E-state index contributed by atoms with van der Waals surface area (Å²) in [6.07, 6.45) is 4.44. The molecule has 0 amide bonds. The smallest absolute Gasteiger partial charge is 0.0541 e. The summed E-state index contributed by atoms with van der Waals surface area (Å²) in [5, 5.41) is 7.62. The van der Waals surface area contributed by atoms with Crippen LogP contribution in [-0.4, -0.2) is 4.57 Å². The van der Waals surface area contributed by atoms with E-state index in [4.69, 9.17) is 0 Å². The maximum Gasteiger partial charge on any atom is 0.0541 e. The van der Waals surface area contributed by atoms with Crippen molar-refractivity contribution in [2.75, 3.05) is 0 Å². The van der Waals surface area contributed by atoms with Gasteiger partial charge in [-0.15, -0.1) is 0 Å². The first-order valence-corrected chi connectivity index (χ1v) is 19.1. The molecule has 8 aromatic carbocycles. The summed E-state index contributed by atoms with van der Waals surface area (Å²) in [4.78, 5) is 0. The molecule has 1 heterocycles. The Labute approximate surface area is 317 Å². The largest absolute Gasteiger partial charge is 0.309 e. The first-order valence-electron chi connectivity index (χ1n) is 19.1. The predicted molar refractivity (Wildman–Crippen MR) is 233 cm³/mol. The van der Waals surface area contributed by atoms with Crippen LogP contribution in [0.2, 0.25) is 0 Å². The van der Waals surface area contributed by atoms with Crippen molar-refractivity contribution < 1.29 is 0 Å². The van der Waals surface area contributed by atoms with Crippen LogP contribution in [0.15, 0.2) is 182 Å². The normalized spacial score (nSPS) is 13.9. The van der Waals surface area contributed by atoms with E-state index in [1.165, 1.54) is 99.0 Å². The van der Waals surface area contributed by atoms with Crippen LogP contribution in [0, 0.1) is 0 Å². The maximum absolute atomic E-state index is 2.43. The molecular weight excluding hydrogens is 651 g/mol. The van der Waals surface area contributed by atoms with E-state index in [9.17, 15) is 0 Å². The fraction of sp³-hybridized carbons (Fsp3) is 0.0943. The van der Waals surface area contributed by atoms with E-state index in [0.29, 0.717) is 0 Å². The molecule has 9 aromatic rings. The van der Waals surface area contributed by atoms with Crippen LogP contribution in [0.25, 0.3) is 88.0 Å². The lowest BCUT2D eigenvalue weighted by Gasteiger charge is -2.22. The standard InChI is InChI=1S/C53H41N/c1-5-15-40-34(2)53(3,4)48-30-26-37(32-46(40)48)38-27-31-50-47(33-38)41-18-13-14-23-49(41)54(50)39-28-24-36(25-29-39)52-44-21-11-9-19-42(44)51(35-16-7-6-8-17-35)43-20-10-12-22-45(43)52/h5-33H,1-4H3. The first kappa shape index (κ1) is 32.2. The van der Waals surface area contributed by atoms with Gasteiger partial charge in [0.25, 0.3) is 0 Å². The summed E-state index contributed by atoms with van der Waals surface area (Å²) in [5.74, 6) is 0. The van der Waals surface area contributed by atoms with Gasteiger partial charge < -0.3 is 4.57 Å². The minimum Gasteiger partial charge on any atom is -0.309 e. The molecule has 0 N–H and O–H groups in total. The van der Waals surface area contributed by atoms with Gasteiger partial charge in [0.1, 0.15) is 0 Å². The molecule has 1 aliphatic rings. The number of fused-ring (bicyclic) bond motifs is 6. The lowest BCUT2D eigenvalue weighted by molar-refractivity contribution is 0.639. The zero-order valence-electron chi connectivity index (χ0n) is 31.2. The second-order valence-corrected chi connectivity index (χ2v) is 15.3. The third kappa shape index (κ3) is 4.78. The molecule has 0 bridgehead atoms. The van der Waals surface area contributed by atoms with Crippen molar-refractivity contribution in [3.05, 3.63) is 193 Å². The molecule has 1 nitrogen and oxygen atoms in total. The van der Waals surface area contributed by atoms with E-state index < -0.39 is 0 Å². The molecule has 1 aromatic heterocycles. The number of hydrogen-bond donors (Lipinski definition) is 0. The minimum absolute atomic E-state index is 0.0292. The number of para-hydroxylation sites is 1. The first-order chi connectivity index (χ1) is 26.4. The van der Waals surface area contributed by atoms with E-state index >= 15 is 0 Å². The number of hydrogen-bond acceptors (Lipinski definition) is 0. The molecule has 1 heteroatoms. The fourth-order valence-corrected chi connectivity index (χ4v) is 9.18. The molecule has 0 unspecified atom stereocenters. The Hall–Kier alpha value is -6.44. The molecule has 0 spiro atoms. The Bertz CT molecular complexity index is 2950. The number of nitrogens with zero attached hydrogens (tertiary/aromatic N) is 1. The molecule has 0 aliphatic heterocycles.